The van der Waals surface area contributed by atoms with E-state index < -0.39 is 0 Å². The van der Waals surface area contributed by atoms with Gasteiger partial charge in [0.2, 0.25) is 0 Å². The summed E-state index contributed by atoms with van der Waals surface area (Å²) in [6.45, 7) is 1.29. The maximum Gasteiger partial charge on any atom is 0.126 e. The minimum Gasteiger partial charge on any atom is -0.496 e. The smallest absolute Gasteiger partial charge is 0.126 e. The van der Waals surface area contributed by atoms with Crippen molar-refractivity contribution in [2.45, 2.75) is 12.5 Å². The molecule has 0 aliphatic carbocycles. The molecule has 2 aromatic rings. The second-order valence-electron chi connectivity index (χ2n) is 4.60. The van der Waals surface area contributed by atoms with Gasteiger partial charge >= 0.3 is 0 Å². The third-order valence-electron chi connectivity index (χ3n) is 3.41. The van der Waals surface area contributed by atoms with Gasteiger partial charge in [0.25, 0.3) is 0 Å². The predicted molar refractivity (Wildman–Crippen MR) is 83.7 cm³/mol. The van der Waals surface area contributed by atoms with Gasteiger partial charge in [0.05, 0.1) is 7.11 Å². The number of fused-ring (bicyclic) bond motifs is 1. The van der Waals surface area contributed by atoms with Gasteiger partial charge in [-0.25, -0.2) is 0 Å². The van der Waals surface area contributed by atoms with Crippen LogP contribution in [0.1, 0.15) is 18.0 Å². The molecule has 0 aromatic heterocycles. The van der Waals surface area contributed by atoms with Crippen molar-refractivity contribution in [2.24, 2.45) is 5.73 Å². The van der Waals surface area contributed by atoms with Crippen LogP contribution in [0.3, 0.4) is 0 Å². The molecule has 3 N–H and O–H groups in total. The average molecular weight is 268 g/mol. The quantitative estimate of drug-likeness (QED) is 0.625. The highest BCUT2D eigenvalue weighted by Crippen LogP contribution is 2.31. The van der Waals surface area contributed by atoms with Crippen molar-refractivity contribution in [3.05, 3.63) is 42.0 Å². The van der Waals surface area contributed by atoms with Gasteiger partial charge in [-0.1, -0.05) is 30.3 Å². The first-order valence-electron chi connectivity index (χ1n) is 6.74. The van der Waals surface area contributed by atoms with E-state index in [1.54, 1.807) is 7.11 Å². The average Bonchev–Trinajstić information content (AvgIpc) is 2.51. The van der Waals surface area contributed by atoms with Gasteiger partial charge in [0.15, 0.2) is 0 Å². The Morgan fingerprint density at radius 2 is 2.00 bits per heavy atom. The van der Waals surface area contributed by atoms with E-state index in [4.69, 9.17) is 16.9 Å². The molecule has 3 heteroatoms. The Balaban J connectivity index is 2.40. The first-order valence-corrected chi connectivity index (χ1v) is 6.74. The molecule has 0 amide bonds. The molecule has 2 aromatic carbocycles. The Hall–Kier alpha value is -2.02. The van der Waals surface area contributed by atoms with E-state index in [2.05, 4.69) is 29.4 Å². The van der Waals surface area contributed by atoms with Gasteiger partial charge in [0, 0.05) is 30.9 Å². The van der Waals surface area contributed by atoms with E-state index in [1.807, 2.05) is 18.2 Å². The Bertz CT molecular complexity index is 616. The van der Waals surface area contributed by atoms with Crippen LogP contribution in [0, 0.1) is 12.3 Å². The standard InChI is InChI=1S/C17H20N2O/c1-3-4-11-19-16(12-18)14-9-10-17(20-2)15-8-6-5-7-13(14)15/h1,5-10,16,19H,4,11-12,18H2,2H3. The summed E-state index contributed by atoms with van der Waals surface area (Å²) in [6, 6.07) is 12.4. The molecule has 0 heterocycles. The summed E-state index contributed by atoms with van der Waals surface area (Å²) >= 11 is 0. The fraction of sp³-hybridized carbons (Fsp3) is 0.294. The van der Waals surface area contributed by atoms with Crippen molar-refractivity contribution in [2.75, 3.05) is 20.2 Å². The van der Waals surface area contributed by atoms with E-state index in [0.29, 0.717) is 13.0 Å². The summed E-state index contributed by atoms with van der Waals surface area (Å²) in [7, 11) is 1.69. The lowest BCUT2D eigenvalue weighted by Gasteiger charge is -2.19. The summed E-state index contributed by atoms with van der Waals surface area (Å²) in [5, 5.41) is 5.67. The fourth-order valence-corrected chi connectivity index (χ4v) is 2.42. The van der Waals surface area contributed by atoms with Gasteiger partial charge in [-0.2, -0.15) is 0 Å². The largest absolute Gasteiger partial charge is 0.496 e. The second kappa shape index (κ2) is 6.95. The van der Waals surface area contributed by atoms with Crippen LogP contribution >= 0.6 is 0 Å². The fourth-order valence-electron chi connectivity index (χ4n) is 2.42. The lowest BCUT2D eigenvalue weighted by atomic mass is 9.98. The van der Waals surface area contributed by atoms with Gasteiger partial charge in [-0.05, 0) is 17.0 Å². The van der Waals surface area contributed by atoms with Crippen LogP contribution in [-0.4, -0.2) is 20.2 Å². The van der Waals surface area contributed by atoms with Gasteiger partial charge in [-0.3, -0.25) is 0 Å². The van der Waals surface area contributed by atoms with Crippen LogP contribution in [-0.2, 0) is 0 Å². The number of hydrogen-bond donors (Lipinski definition) is 2. The molecule has 0 aliphatic rings. The summed E-state index contributed by atoms with van der Waals surface area (Å²) in [4.78, 5) is 0. The van der Waals surface area contributed by atoms with Crippen molar-refractivity contribution in [1.82, 2.24) is 5.32 Å². The Morgan fingerprint density at radius 1 is 1.25 bits per heavy atom. The lowest BCUT2D eigenvalue weighted by molar-refractivity contribution is 0.419. The van der Waals surface area contributed by atoms with Crippen LogP contribution in [0.4, 0.5) is 0 Å². The number of methoxy groups -OCH3 is 1. The number of nitrogens with two attached hydrogens (primary N) is 1. The summed E-state index contributed by atoms with van der Waals surface area (Å²) in [6.07, 6.45) is 5.98. The van der Waals surface area contributed by atoms with Crippen LogP contribution in [0.15, 0.2) is 36.4 Å². The molecule has 0 spiro atoms. The molecule has 104 valence electrons. The Kier molecular flexibility index (Phi) is 5.00. The van der Waals surface area contributed by atoms with E-state index in [-0.39, 0.29) is 6.04 Å². The van der Waals surface area contributed by atoms with E-state index in [0.717, 1.165) is 23.1 Å². The summed E-state index contributed by atoms with van der Waals surface area (Å²) in [5.41, 5.74) is 7.08. The molecule has 0 aliphatic heterocycles. The van der Waals surface area contributed by atoms with E-state index in [1.165, 1.54) is 5.56 Å². The Labute approximate surface area is 120 Å². The molecule has 20 heavy (non-hydrogen) atoms. The monoisotopic (exact) mass is 268 g/mol. The number of nitrogens with one attached hydrogen (secondary N) is 1. The zero-order chi connectivity index (χ0) is 14.4. The lowest BCUT2D eigenvalue weighted by Crippen LogP contribution is -2.29. The van der Waals surface area contributed by atoms with Crippen molar-refractivity contribution in [1.29, 1.82) is 0 Å². The van der Waals surface area contributed by atoms with Crippen LogP contribution in [0.2, 0.25) is 0 Å². The molecular weight excluding hydrogens is 248 g/mol. The highest BCUT2D eigenvalue weighted by molar-refractivity contribution is 5.91. The number of hydrogen-bond acceptors (Lipinski definition) is 3. The number of terminal acetylenes is 1. The minimum absolute atomic E-state index is 0.0964. The molecule has 0 radical (unpaired) electrons. The molecule has 1 unspecified atom stereocenters. The summed E-state index contributed by atoms with van der Waals surface area (Å²) in [5.74, 6) is 3.51. The highest BCUT2D eigenvalue weighted by Gasteiger charge is 2.13. The molecule has 0 saturated carbocycles. The van der Waals surface area contributed by atoms with Crippen molar-refractivity contribution >= 4 is 10.8 Å². The molecule has 0 bridgehead atoms. The van der Waals surface area contributed by atoms with Gasteiger partial charge in [0.1, 0.15) is 5.75 Å². The Morgan fingerprint density at radius 3 is 2.65 bits per heavy atom. The first kappa shape index (κ1) is 14.4. The number of benzene rings is 2. The normalized spacial score (nSPS) is 12.1. The maximum absolute atomic E-state index is 5.90. The molecule has 2 rings (SSSR count). The maximum atomic E-state index is 5.90. The van der Waals surface area contributed by atoms with Crippen LogP contribution in [0.5, 0.6) is 5.75 Å². The molecular formula is C17H20N2O. The predicted octanol–water partition coefficient (Wildman–Crippen LogP) is 2.46. The van der Waals surface area contributed by atoms with Crippen molar-refractivity contribution in [3.8, 4) is 18.1 Å². The third kappa shape index (κ3) is 2.93. The molecule has 3 nitrogen and oxygen atoms in total. The van der Waals surface area contributed by atoms with Gasteiger partial charge < -0.3 is 15.8 Å². The SMILES string of the molecule is C#CCCNC(CN)c1ccc(OC)c2ccccc12. The minimum atomic E-state index is 0.0964. The van der Waals surface area contributed by atoms with Crippen molar-refractivity contribution < 1.29 is 4.74 Å². The molecule has 0 fully saturated rings. The highest BCUT2D eigenvalue weighted by atomic mass is 16.5. The van der Waals surface area contributed by atoms with Crippen LogP contribution in [0.25, 0.3) is 10.8 Å². The molecule has 1 atom stereocenters. The van der Waals surface area contributed by atoms with E-state index >= 15 is 0 Å². The third-order valence-corrected chi connectivity index (χ3v) is 3.41. The zero-order valence-electron chi connectivity index (χ0n) is 11.7. The first-order chi connectivity index (χ1) is 9.81. The van der Waals surface area contributed by atoms with Crippen molar-refractivity contribution in [3.63, 3.8) is 0 Å². The molecule has 0 saturated heterocycles. The van der Waals surface area contributed by atoms with E-state index in [9.17, 15) is 0 Å². The van der Waals surface area contributed by atoms with Gasteiger partial charge in [-0.15, -0.1) is 12.3 Å². The number of ether oxygens (including phenoxy) is 1. The topological polar surface area (TPSA) is 47.3 Å². The number of rotatable bonds is 6. The zero-order valence-corrected chi connectivity index (χ0v) is 11.7. The van der Waals surface area contributed by atoms with Crippen LogP contribution < -0.4 is 15.8 Å². The second-order valence-corrected chi connectivity index (χ2v) is 4.60. The summed E-state index contributed by atoms with van der Waals surface area (Å²) < 4.78 is 5.42.